The van der Waals surface area contributed by atoms with Crippen molar-refractivity contribution in [3.63, 3.8) is 0 Å². The summed E-state index contributed by atoms with van der Waals surface area (Å²) in [6, 6.07) is 10.6. The van der Waals surface area contributed by atoms with Gasteiger partial charge in [-0.15, -0.1) is 0 Å². The van der Waals surface area contributed by atoms with Crippen LogP contribution < -0.4 is 14.8 Å². The lowest BCUT2D eigenvalue weighted by molar-refractivity contribution is -0.142. The van der Waals surface area contributed by atoms with Crippen LogP contribution in [0.5, 0.6) is 11.5 Å². The van der Waals surface area contributed by atoms with E-state index >= 15 is 0 Å². The number of carbonyl (C=O) groups is 2. The van der Waals surface area contributed by atoms with Gasteiger partial charge in [0.2, 0.25) is 5.91 Å². The first-order valence-corrected chi connectivity index (χ1v) is 11.5. The topological polar surface area (TPSA) is 67.9 Å². The van der Waals surface area contributed by atoms with E-state index < -0.39 is 6.04 Å². The summed E-state index contributed by atoms with van der Waals surface area (Å²) in [4.78, 5) is 27.5. The maximum Gasteiger partial charge on any atom is 0.261 e. The Labute approximate surface area is 199 Å². The lowest BCUT2D eigenvalue weighted by Gasteiger charge is -2.29. The smallest absolute Gasteiger partial charge is 0.261 e. The maximum atomic E-state index is 13.2. The van der Waals surface area contributed by atoms with E-state index in [1.165, 1.54) is 0 Å². The third kappa shape index (κ3) is 7.26. The van der Waals surface area contributed by atoms with Crippen molar-refractivity contribution in [2.45, 2.75) is 47.2 Å². The van der Waals surface area contributed by atoms with Crippen molar-refractivity contribution in [3.8, 4) is 11.5 Å². The Morgan fingerprint density at radius 3 is 2.31 bits per heavy atom. The Balaban J connectivity index is 2.19. The zero-order valence-corrected chi connectivity index (χ0v) is 21.3. The number of carbonyl (C=O) groups excluding carboxylic acids is 2. The van der Waals surface area contributed by atoms with Gasteiger partial charge in [-0.2, -0.15) is 0 Å². The number of methoxy groups -OCH3 is 1. The van der Waals surface area contributed by atoms with E-state index in [9.17, 15) is 9.59 Å². The van der Waals surface area contributed by atoms with Gasteiger partial charge < -0.3 is 19.7 Å². The van der Waals surface area contributed by atoms with Crippen molar-refractivity contribution < 1.29 is 19.1 Å². The predicted molar refractivity (Wildman–Crippen MR) is 130 cm³/mol. The maximum absolute atomic E-state index is 13.2. The fourth-order valence-corrected chi connectivity index (χ4v) is 3.45. The molecule has 0 bridgehead atoms. The minimum Gasteiger partial charge on any atom is -0.497 e. The highest BCUT2D eigenvalue weighted by Gasteiger charge is 2.26. The first kappa shape index (κ1) is 25.7. The first-order chi connectivity index (χ1) is 15.1. The Morgan fingerprint density at radius 1 is 1.06 bits per heavy atom. The summed E-state index contributed by atoms with van der Waals surface area (Å²) in [5.41, 5.74) is 2.93. The number of rotatable bonds is 10. The Bertz CT molecular complexity index is 922. The molecule has 6 nitrogen and oxygen atoms in total. The fraction of sp³-hybridized carbons (Fsp3) is 0.440. The van der Waals surface area contributed by atoms with Crippen LogP contribution in [0.15, 0.2) is 40.9 Å². The van der Waals surface area contributed by atoms with E-state index in [1.54, 1.807) is 18.9 Å². The van der Waals surface area contributed by atoms with Gasteiger partial charge in [-0.1, -0.05) is 41.9 Å². The molecule has 2 amide bonds. The monoisotopic (exact) mass is 504 g/mol. The molecule has 0 heterocycles. The van der Waals surface area contributed by atoms with Crippen molar-refractivity contribution in [2.75, 3.05) is 20.3 Å². The Morgan fingerprint density at radius 2 is 1.72 bits per heavy atom. The lowest BCUT2D eigenvalue weighted by atomic mass is 10.1. The van der Waals surface area contributed by atoms with Gasteiger partial charge >= 0.3 is 0 Å². The molecule has 0 fully saturated rings. The molecule has 0 aliphatic heterocycles. The zero-order chi connectivity index (χ0) is 23.8. The molecule has 1 atom stereocenters. The number of hydrogen-bond donors (Lipinski definition) is 1. The standard InChI is InChI=1S/C25H33BrN2O4/c1-16(2)13-27-25(30)19(5)28(14-20-8-7-9-21(12-20)31-6)23(29)15-32-22-10-17(3)24(26)18(4)11-22/h7-12,16,19H,13-15H2,1-6H3,(H,27,30)/t19-/m0/s1. The van der Waals surface area contributed by atoms with E-state index in [1.807, 2.05) is 64.1 Å². The molecular formula is C25H33BrN2O4. The summed E-state index contributed by atoms with van der Waals surface area (Å²) < 4.78 is 12.1. The number of amides is 2. The number of aryl methyl sites for hydroxylation is 2. The van der Waals surface area contributed by atoms with Crippen LogP contribution in [-0.4, -0.2) is 43.0 Å². The third-order valence-corrected chi connectivity index (χ3v) is 6.36. The van der Waals surface area contributed by atoms with Crippen molar-refractivity contribution in [1.29, 1.82) is 0 Å². The van der Waals surface area contributed by atoms with Crippen molar-refractivity contribution in [3.05, 3.63) is 57.6 Å². The highest BCUT2D eigenvalue weighted by atomic mass is 79.9. The molecule has 1 N–H and O–H groups in total. The van der Waals surface area contributed by atoms with Gasteiger partial charge in [0.15, 0.2) is 6.61 Å². The van der Waals surface area contributed by atoms with Gasteiger partial charge in [0.05, 0.1) is 7.11 Å². The molecule has 0 spiro atoms. The molecule has 7 heteroatoms. The van der Waals surface area contributed by atoms with Crippen LogP contribution in [0.25, 0.3) is 0 Å². The Hall–Kier alpha value is -2.54. The quantitative estimate of drug-likeness (QED) is 0.511. The van der Waals surface area contributed by atoms with Crippen molar-refractivity contribution in [1.82, 2.24) is 10.2 Å². The van der Waals surface area contributed by atoms with Gasteiger partial charge in [0.25, 0.3) is 5.91 Å². The predicted octanol–water partition coefficient (Wildman–Crippen LogP) is 4.64. The van der Waals surface area contributed by atoms with Gasteiger partial charge in [0, 0.05) is 17.6 Å². The van der Waals surface area contributed by atoms with Gasteiger partial charge in [-0.25, -0.2) is 0 Å². The average Bonchev–Trinajstić information content (AvgIpc) is 2.77. The van der Waals surface area contributed by atoms with E-state index in [2.05, 4.69) is 21.2 Å². The van der Waals surface area contributed by atoms with E-state index in [0.29, 0.717) is 24.0 Å². The number of halogens is 1. The molecule has 2 aromatic rings. The molecule has 0 aliphatic rings. The number of nitrogens with zero attached hydrogens (tertiary/aromatic N) is 1. The Kier molecular flexibility index (Phi) is 9.57. The molecule has 2 aromatic carbocycles. The fourth-order valence-electron chi connectivity index (χ4n) is 3.22. The van der Waals surface area contributed by atoms with E-state index in [0.717, 1.165) is 21.2 Å². The SMILES string of the molecule is COc1cccc(CN(C(=O)COc2cc(C)c(Br)c(C)c2)[C@@H](C)C(=O)NCC(C)C)c1. The number of benzene rings is 2. The third-order valence-electron chi connectivity index (χ3n) is 5.11. The summed E-state index contributed by atoms with van der Waals surface area (Å²) in [6.45, 7) is 10.4. The van der Waals surface area contributed by atoms with Crippen molar-refractivity contribution >= 4 is 27.7 Å². The van der Waals surface area contributed by atoms with Gasteiger partial charge in [-0.05, 0) is 67.6 Å². The molecule has 0 radical (unpaired) electrons. The van der Waals surface area contributed by atoms with Crippen LogP contribution in [0, 0.1) is 19.8 Å². The van der Waals surface area contributed by atoms with Crippen molar-refractivity contribution in [2.24, 2.45) is 5.92 Å². The summed E-state index contributed by atoms with van der Waals surface area (Å²) in [7, 11) is 1.60. The molecule has 2 rings (SSSR count). The minimum absolute atomic E-state index is 0.160. The molecular weight excluding hydrogens is 472 g/mol. The van der Waals surface area contributed by atoms with Crippen LogP contribution in [0.3, 0.4) is 0 Å². The summed E-state index contributed by atoms with van der Waals surface area (Å²) in [5, 5.41) is 2.92. The van der Waals surface area contributed by atoms with Crippen LogP contribution in [0.4, 0.5) is 0 Å². The molecule has 0 unspecified atom stereocenters. The summed E-state index contributed by atoms with van der Waals surface area (Å²) in [6.07, 6.45) is 0. The second-order valence-electron chi connectivity index (χ2n) is 8.35. The van der Waals surface area contributed by atoms with Crippen LogP contribution in [-0.2, 0) is 16.1 Å². The highest BCUT2D eigenvalue weighted by Crippen LogP contribution is 2.26. The summed E-state index contributed by atoms with van der Waals surface area (Å²) in [5.74, 6) is 1.18. The average molecular weight is 505 g/mol. The van der Waals surface area contributed by atoms with Crippen LogP contribution in [0.1, 0.15) is 37.5 Å². The number of nitrogens with one attached hydrogen (secondary N) is 1. The van der Waals surface area contributed by atoms with E-state index in [-0.39, 0.29) is 25.0 Å². The second-order valence-corrected chi connectivity index (χ2v) is 9.14. The van der Waals surface area contributed by atoms with Gasteiger partial charge in [0.1, 0.15) is 17.5 Å². The largest absolute Gasteiger partial charge is 0.497 e. The highest BCUT2D eigenvalue weighted by molar-refractivity contribution is 9.10. The lowest BCUT2D eigenvalue weighted by Crippen LogP contribution is -2.49. The normalized spacial score (nSPS) is 11.8. The van der Waals surface area contributed by atoms with Crippen LogP contribution in [0.2, 0.25) is 0 Å². The molecule has 0 saturated heterocycles. The molecule has 0 saturated carbocycles. The second kappa shape index (κ2) is 11.9. The first-order valence-electron chi connectivity index (χ1n) is 10.7. The zero-order valence-electron chi connectivity index (χ0n) is 19.7. The molecule has 0 aliphatic carbocycles. The molecule has 0 aromatic heterocycles. The molecule has 174 valence electrons. The minimum atomic E-state index is -0.649. The van der Waals surface area contributed by atoms with Gasteiger partial charge in [-0.3, -0.25) is 9.59 Å². The molecule has 32 heavy (non-hydrogen) atoms. The number of ether oxygens (including phenoxy) is 2. The number of hydrogen-bond acceptors (Lipinski definition) is 4. The summed E-state index contributed by atoms with van der Waals surface area (Å²) >= 11 is 3.54. The van der Waals surface area contributed by atoms with Crippen LogP contribution >= 0.6 is 15.9 Å². The van der Waals surface area contributed by atoms with E-state index in [4.69, 9.17) is 9.47 Å².